The zero-order valence-electron chi connectivity index (χ0n) is 8.62. The summed E-state index contributed by atoms with van der Waals surface area (Å²) < 4.78 is 9.97. The van der Waals surface area contributed by atoms with E-state index in [1.807, 2.05) is 0 Å². The molecule has 80 valence electrons. The van der Waals surface area contributed by atoms with Gasteiger partial charge in [-0.3, -0.25) is 9.59 Å². The van der Waals surface area contributed by atoms with Crippen molar-refractivity contribution in [3.8, 4) is 0 Å². The Labute approximate surface area is 83.6 Å². The van der Waals surface area contributed by atoms with Crippen molar-refractivity contribution in [1.29, 1.82) is 0 Å². The van der Waals surface area contributed by atoms with Crippen LogP contribution in [0.4, 0.5) is 0 Å². The van der Waals surface area contributed by atoms with Gasteiger partial charge in [0.05, 0.1) is 6.61 Å². The monoisotopic (exact) mass is 200 g/mol. The van der Waals surface area contributed by atoms with Gasteiger partial charge in [0.1, 0.15) is 6.10 Å². The van der Waals surface area contributed by atoms with Crippen molar-refractivity contribution in [3.05, 3.63) is 0 Å². The van der Waals surface area contributed by atoms with Crippen molar-refractivity contribution in [1.82, 2.24) is 0 Å². The van der Waals surface area contributed by atoms with Crippen molar-refractivity contribution in [2.45, 2.75) is 39.2 Å². The summed E-state index contributed by atoms with van der Waals surface area (Å²) in [6.45, 7) is 3.27. The highest BCUT2D eigenvalue weighted by molar-refractivity contribution is 5.66. The third-order valence-corrected chi connectivity index (χ3v) is 2.35. The molecule has 0 bridgehead atoms. The second kappa shape index (κ2) is 4.98. The van der Waals surface area contributed by atoms with E-state index < -0.39 is 0 Å². The van der Waals surface area contributed by atoms with Crippen LogP contribution in [-0.4, -0.2) is 24.6 Å². The summed E-state index contributed by atoms with van der Waals surface area (Å²) in [6.07, 6.45) is 2.68. The molecular weight excluding hydrogens is 184 g/mol. The molecule has 0 heterocycles. The third kappa shape index (κ3) is 3.77. The molecular formula is C10H16O4. The maximum Gasteiger partial charge on any atom is 0.302 e. The van der Waals surface area contributed by atoms with Gasteiger partial charge in [0.15, 0.2) is 0 Å². The van der Waals surface area contributed by atoms with Gasteiger partial charge in [0.25, 0.3) is 0 Å². The summed E-state index contributed by atoms with van der Waals surface area (Å²) in [6, 6.07) is 0. The van der Waals surface area contributed by atoms with Gasteiger partial charge in [-0.25, -0.2) is 0 Å². The van der Waals surface area contributed by atoms with Crippen LogP contribution in [0.25, 0.3) is 0 Å². The summed E-state index contributed by atoms with van der Waals surface area (Å²) >= 11 is 0. The maximum absolute atomic E-state index is 10.7. The van der Waals surface area contributed by atoms with Crippen molar-refractivity contribution in [3.63, 3.8) is 0 Å². The van der Waals surface area contributed by atoms with Gasteiger partial charge in [-0.15, -0.1) is 0 Å². The van der Waals surface area contributed by atoms with E-state index in [1.54, 1.807) is 0 Å². The van der Waals surface area contributed by atoms with E-state index in [4.69, 9.17) is 9.47 Å². The van der Waals surface area contributed by atoms with Crippen molar-refractivity contribution < 1.29 is 19.1 Å². The SMILES string of the molecule is CC(=O)OC[C@@H]1CC[C@@H](OC(C)=O)C1. The lowest BCUT2D eigenvalue weighted by Crippen LogP contribution is -2.14. The number of hydrogen-bond acceptors (Lipinski definition) is 4. The van der Waals surface area contributed by atoms with Crippen LogP contribution in [0, 0.1) is 5.92 Å². The number of hydrogen-bond donors (Lipinski definition) is 0. The number of carbonyl (C=O) groups excluding carboxylic acids is 2. The van der Waals surface area contributed by atoms with Crippen molar-refractivity contribution >= 4 is 11.9 Å². The summed E-state index contributed by atoms with van der Waals surface area (Å²) in [5.41, 5.74) is 0. The van der Waals surface area contributed by atoms with E-state index >= 15 is 0 Å². The molecule has 1 aliphatic carbocycles. The standard InChI is InChI=1S/C10H16O4/c1-7(11)13-6-9-3-4-10(5-9)14-8(2)12/h9-10H,3-6H2,1-2H3/t9-,10-/m1/s1. The predicted molar refractivity (Wildman–Crippen MR) is 49.5 cm³/mol. The highest BCUT2D eigenvalue weighted by atomic mass is 16.5. The zero-order chi connectivity index (χ0) is 10.6. The Hall–Kier alpha value is -1.06. The fourth-order valence-corrected chi connectivity index (χ4v) is 1.76. The van der Waals surface area contributed by atoms with Crippen LogP contribution in [-0.2, 0) is 19.1 Å². The van der Waals surface area contributed by atoms with Gasteiger partial charge in [-0.2, -0.15) is 0 Å². The molecule has 0 radical (unpaired) electrons. The van der Waals surface area contributed by atoms with Crippen LogP contribution in [0.3, 0.4) is 0 Å². The van der Waals surface area contributed by atoms with Crippen LogP contribution >= 0.6 is 0 Å². The fraction of sp³-hybridized carbons (Fsp3) is 0.800. The Morgan fingerprint density at radius 1 is 1.21 bits per heavy atom. The average Bonchev–Trinajstić information content (AvgIpc) is 2.47. The molecule has 0 aromatic rings. The minimum atomic E-state index is -0.249. The molecule has 0 aliphatic heterocycles. The van der Waals surface area contributed by atoms with Crippen LogP contribution in [0.1, 0.15) is 33.1 Å². The topological polar surface area (TPSA) is 52.6 Å². The van der Waals surface area contributed by atoms with E-state index in [0.29, 0.717) is 12.5 Å². The molecule has 4 heteroatoms. The largest absolute Gasteiger partial charge is 0.466 e. The molecule has 1 rings (SSSR count). The predicted octanol–water partition coefficient (Wildman–Crippen LogP) is 1.28. The summed E-state index contributed by atoms with van der Waals surface area (Å²) in [5.74, 6) is -0.132. The minimum Gasteiger partial charge on any atom is -0.466 e. The van der Waals surface area contributed by atoms with Crippen LogP contribution in [0.15, 0.2) is 0 Å². The van der Waals surface area contributed by atoms with Crippen LogP contribution < -0.4 is 0 Å². The quantitative estimate of drug-likeness (QED) is 0.644. The fourth-order valence-electron chi connectivity index (χ4n) is 1.76. The maximum atomic E-state index is 10.7. The molecule has 0 unspecified atom stereocenters. The number of esters is 2. The number of carbonyl (C=O) groups is 2. The van der Waals surface area contributed by atoms with Gasteiger partial charge < -0.3 is 9.47 Å². The molecule has 0 aromatic heterocycles. The third-order valence-electron chi connectivity index (χ3n) is 2.35. The van der Waals surface area contributed by atoms with E-state index in [0.717, 1.165) is 19.3 Å². The Morgan fingerprint density at radius 2 is 1.93 bits per heavy atom. The first-order valence-corrected chi connectivity index (χ1v) is 4.88. The minimum absolute atomic E-state index is 0.0214. The second-order valence-corrected chi connectivity index (χ2v) is 3.71. The molecule has 0 spiro atoms. The molecule has 0 N–H and O–H groups in total. The molecule has 0 saturated heterocycles. The number of rotatable bonds is 3. The van der Waals surface area contributed by atoms with Gasteiger partial charge in [-0.1, -0.05) is 0 Å². The summed E-state index contributed by atoms with van der Waals surface area (Å²) in [7, 11) is 0. The Kier molecular flexibility index (Phi) is 3.92. The van der Waals surface area contributed by atoms with E-state index in [-0.39, 0.29) is 18.0 Å². The molecule has 1 aliphatic rings. The first kappa shape index (κ1) is 11.0. The normalized spacial score (nSPS) is 25.9. The lowest BCUT2D eigenvalue weighted by Gasteiger charge is -2.11. The highest BCUT2D eigenvalue weighted by Gasteiger charge is 2.27. The Balaban J connectivity index is 2.20. The smallest absolute Gasteiger partial charge is 0.302 e. The lowest BCUT2D eigenvalue weighted by molar-refractivity contribution is -0.147. The van der Waals surface area contributed by atoms with Crippen LogP contribution in [0.2, 0.25) is 0 Å². The molecule has 0 aromatic carbocycles. The molecule has 2 atom stereocenters. The molecule has 1 saturated carbocycles. The first-order valence-electron chi connectivity index (χ1n) is 4.88. The number of ether oxygens (including phenoxy) is 2. The highest BCUT2D eigenvalue weighted by Crippen LogP contribution is 2.28. The van der Waals surface area contributed by atoms with Crippen molar-refractivity contribution in [2.24, 2.45) is 5.92 Å². The van der Waals surface area contributed by atoms with Crippen LogP contribution in [0.5, 0.6) is 0 Å². The first-order chi connectivity index (χ1) is 6.58. The Morgan fingerprint density at radius 3 is 2.50 bits per heavy atom. The zero-order valence-corrected chi connectivity index (χ0v) is 8.62. The lowest BCUT2D eigenvalue weighted by atomic mass is 10.1. The van der Waals surface area contributed by atoms with Gasteiger partial charge >= 0.3 is 11.9 Å². The Bertz CT molecular complexity index is 224. The second-order valence-electron chi connectivity index (χ2n) is 3.71. The van der Waals surface area contributed by atoms with Gasteiger partial charge in [-0.05, 0) is 25.2 Å². The molecule has 14 heavy (non-hydrogen) atoms. The molecule has 1 fully saturated rings. The van der Waals surface area contributed by atoms with Gasteiger partial charge in [0.2, 0.25) is 0 Å². The van der Waals surface area contributed by atoms with E-state index in [2.05, 4.69) is 0 Å². The molecule has 0 amide bonds. The summed E-state index contributed by atoms with van der Waals surface area (Å²) in [5, 5.41) is 0. The average molecular weight is 200 g/mol. The van der Waals surface area contributed by atoms with E-state index in [1.165, 1.54) is 13.8 Å². The van der Waals surface area contributed by atoms with Crippen molar-refractivity contribution in [2.75, 3.05) is 6.61 Å². The van der Waals surface area contributed by atoms with E-state index in [9.17, 15) is 9.59 Å². The summed E-state index contributed by atoms with van der Waals surface area (Å²) in [4.78, 5) is 21.2. The molecule has 4 nitrogen and oxygen atoms in total. The van der Waals surface area contributed by atoms with Gasteiger partial charge in [0, 0.05) is 13.8 Å².